The number of esters is 3. The van der Waals surface area contributed by atoms with E-state index in [0.717, 1.165) is 6.20 Å². The van der Waals surface area contributed by atoms with E-state index in [2.05, 4.69) is 15.5 Å². The number of nitrogens with one attached hydrogen (secondary N) is 2. The van der Waals surface area contributed by atoms with Crippen molar-refractivity contribution < 1.29 is 28.6 Å². The molecular formula is C15H21N3O6. The molecule has 0 bridgehead atoms. The fourth-order valence-corrected chi connectivity index (χ4v) is 1.75. The van der Waals surface area contributed by atoms with Gasteiger partial charge in [-0.15, -0.1) is 0 Å². The van der Waals surface area contributed by atoms with Crippen LogP contribution in [0, 0.1) is 6.92 Å². The fourth-order valence-electron chi connectivity index (χ4n) is 1.75. The molecule has 0 spiro atoms. The van der Waals surface area contributed by atoms with Gasteiger partial charge >= 0.3 is 17.9 Å². The third-order valence-electron chi connectivity index (χ3n) is 2.77. The smallest absolute Gasteiger partial charge is 0.347 e. The molecule has 24 heavy (non-hydrogen) atoms. The molecular weight excluding hydrogens is 318 g/mol. The normalized spacial score (nSPS) is 9.83. The quantitative estimate of drug-likeness (QED) is 0.239. The summed E-state index contributed by atoms with van der Waals surface area (Å²) in [5.41, 5.74) is 0.326. The minimum Gasteiger partial charge on any atom is -0.462 e. The van der Waals surface area contributed by atoms with Crippen LogP contribution >= 0.6 is 0 Å². The molecule has 1 aromatic rings. The number of hydrogen-bond acceptors (Lipinski definition) is 8. The van der Waals surface area contributed by atoms with E-state index in [0.29, 0.717) is 5.69 Å². The Morgan fingerprint density at radius 1 is 1.04 bits per heavy atom. The molecule has 2 N–H and O–H groups in total. The molecule has 0 fully saturated rings. The second-order valence-electron chi connectivity index (χ2n) is 4.44. The number of ether oxygens (including phenoxy) is 3. The number of aromatic nitrogens is 2. The van der Waals surface area contributed by atoms with Crippen molar-refractivity contribution in [1.29, 1.82) is 0 Å². The molecule has 0 amide bonds. The first kappa shape index (κ1) is 19.2. The Kier molecular flexibility index (Phi) is 7.47. The van der Waals surface area contributed by atoms with Gasteiger partial charge in [0.15, 0.2) is 11.4 Å². The fraction of sp³-hybridized carbons (Fsp3) is 0.467. The standard InChI is InChI=1S/C15H21N3O6/c1-5-22-13(19)10(14(20)23-6-2)8-16-12-11(9(4)17-18-12)15(21)24-7-3/h8H,5-7H2,1-4H3,(H2,16,17,18). The van der Waals surface area contributed by atoms with Gasteiger partial charge in [-0.2, -0.15) is 5.10 Å². The van der Waals surface area contributed by atoms with E-state index in [4.69, 9.17) is 14.2 Å². The summed E-state index contributed by atoms with van der Waals surface area (Å²) in [4.78, 5) is 35.7. The van der Waals surface area contributed by atoms with Crippen LogP contribution in [-0.2, 0) is 23.8 Å². The van der Waals surface area contributed by atoms with E-state index in [9.17, 15) is 14.4 Å². The highest BCUT2D eigenvalue weighted by molar-refractivity contribution is 6.14. The van der Waals surface area contributed by atoms with Crippen molar-refractivity contribution >= 4 is 23.7 Å². The minimum atomic E-state index is -0.839. The summed E-state index contributed by atoms with van der Waals surface area (Å²) < 4.78 is 14.6. The summed E-state index contributed by atoms with van der Waals surface area (Å²) in [5.74, 6) is -2.13. The van der Waals surface area contributed by atoms with Gasteiger partial charge in [0.05, 0.1) is 19.8 Å². The number of aromatic amines is 1. The van der Waals surface area contributed by atoms with Crippen LogP contribution in [0.4, 0.5) is 5.82 Å². The third kappa shape index (κ3) is 4.83. The topological polar surface area (TPSA) is 120 Å². The average molecular weight is 339 g/mol. The monoisotopic (exact) mass is 339 g/mol. The summed E-state index contributed by atoms with van der Waals surface area (Å²) in [6.07, 6.45) is 1.09. The van der Waals surface area contributed by atoms with Crippen molar-refractivity contribution in [2.45, 2.75) is 27.7 Å². The van der Waals surface area contributed by atoms with Crippen LogP contribution in [0.3, 0.4) is 0 Å². The van der Waals surface area contributed by atoms with Crippen molar-refractivity contribution in [3.63, 3.8) is 0 Å². The van der Waals surface area contributed by atoms with Gasteiger partial charge < -0.3 is 19.5 Å². The Bertz CT molecular complexity index is 615. The highest BCUT2D eigenvalue weighted by Crippen LogP contribution is 2.18. The molecule has 0 aliphatic heterocycles. The Balaban J connectivity index is 3.07. The van der Waals surface area contributed by atoms with Crippen molar-refractivity contribution in [1.82, 2.24) is 10.2 Å². The molecule has 9 heteroatoms. The van der Waals surface area contributed by atoms with Crippen LogP contribution in [-0.4, -0.2) is 47.9 Å². The molecule has 1 aromatic heterocycles. The third-order valence-corrected chi connectivity index (χ3v) is 2.77. The van der Waals surface area contributed by atoms with Crippen molar-refractivity contribution in [3.8, 4) is 0 Å². The maximum atomic E-state index is 11.9. The highest BCUT2D eigenvalue weighted by atomic mass is 16.6. The highest BCUT2D eigenvalue weighted by Gasteiger charge is 2.23. The molecule has 1 rings (SSSR count). The molecule has 0 unspecified atom stereocenters. The number of carbonyl (C=O) groups excluding carboxylic acids is 3. The van der Waals surface area contributed by atoms with Gasteiger partial charge in [-0.05, 0) is 27.7 Å². The Morgan fingerprint density at radius 3 is 2.08 bits per heavy atom. The number of H-pyrrole nitrogens is 1. The molecule has 0 atom stereocenters. The van der Waals surface area contributed by atoms with E-state index < -0.39 is 17.9 Å². The molecule has 0 saturated carbocycles. The van der Waals surface area contributed by atoms with Crippen LogP contribution in [0.15, 0.2) is 11.8 Å². The summed E-state index contributed by atoms with van der Waals surface area (Å²) in [5, 5.41) is 9.20. The molecule has 0 saturated heterocycles. The van der Waals surface area contributed by atoms with Gasteiger partial charge in [-0.25, -0.2) is 14.4 Å². The first-order valence-electron chi connectivity index (χ1n) is 7.49. The summed E-state index contributed by atoms with van der Waals surface area (Å²) in [6.45, 7) is 6.96. The van der Waals surface area contributed by atoms with E-state index in [1.54, 1.807) is 27.7 Å². The number of nitrogens with zero attached hydrogens (tertiary/aromatic N) is 1. The lowest BCUT2D eigenvalue weighted by atomic mass is 10.2. The maximum absolute atomic E-state index is 11.9. The maximum Gasteiger partial charge on any atom is 0.347 e. The molecule has 9 nitrogen and oxygen atoms in total. The minimum absolute atomic E-state index is 0.102. The SMILES string of the molecule is CCOC(=O)C(=CNc1n[nH]c(C)c1C(=O)OCC)C(=O)OCC. The zero-order valence-electron chi connectivity index (χ0n) is 14.1. The number of hydrogen-bond donors (Lipinski definition) is 2. The van der Waals surface area contributed by atoms with Crippen molar-refractivity contribution in [2.75, 3.05) is 25.1 Å². The zero-order chi connectivity index (χ0) is 18.1. The Morgan fingerprint density at radius 2 is 1.58 bits per heavy atom. The lowest BCUT2D eigenvalue weighted by molar-refractivity contribution is -0.146. The summed E-state index contributed by atoms with van der Waals surface area (Å²) in [6, 6.07) is 0. The first-order chi connectivity index (χ1) is 11.5. The van der Waals surface area contributed by atoms with E-state index in [-0.39, 0.29) is 36.8 Å². The summed E-state index contributed by atoms with van der Waals surface area (Å²) >= 11 is 0. The summed E-state index contributed by atoms with van der Waals surface area (Å²) in [7, 11) is 0. The van der Waals surface area contributed by atoms with E-state index >= 15 is 0 Å². The van der Waals surface area contributed by atoms with Crippen LogP contribution in [0.5, 0.6) is 0 Å². The molecule has 1 heterocycles. The van der Waals surface area contributed by atoms with Gasteiger partial charge in [0, 0.05) is 11.9 Å². The predicted molar refractivity (Wildman–Crippen MR) is 84.3 cm³/mol. The largest absolute Gasteiger partial charge is 0.462 e. The lowest BCUT2D eigenvalue weighted by Crippen LogP contribution is -2.19. The van der Waals surface area contributed by atoms with E-state index in [1.807, 2.05) is 0 Å². The lowest BCUT2D eigenvalue weighted by Gasteiger charge is -2.07. The first-order valence-corrected chi connectivity index (χ1v) is 7.49. The number of carbonyl (C=O) groups is 3. The van der Waals surface area contributed by atoms with Crippen LogP contribution in [0.2, 0.25) is 0 Å². The van der Waals surface area contributed by atoms with Gasteiger partial charge in [0.25, 0.3) is 0 Å². The molecule has 132 valence electrons. The molecule has 0 aliphatic carbocycles. The second-order valence-corrected chi connectivity index (χ2v) is 4.44. The van der Waals surface area contributed by atoms with Gasteiger partial charge in [-0.1, -0.05) is 0 Å². The Hall–Kier alpha value is -2.84. The zero-order valence-corrected chi connectivity index (χ0v) is 14.1. The molecule has 0 aliphatic rings. The average Bonchev–Trinajstić information content (AvgIpc) is 2.89. The van der Waals surface area contributed by atoms with Crippen molar-refractivity contribution in [3.05, 3.63) is 23.0 Å². The number of aryl methyl sites for hydroxylation is 1. The van der Waals surface area contributed by atoms with Gasteiger partial charge in [0.1, 0.15) is 5.56 Å². The molecule has 0 aromatic carbocycles. The number of anilines is 1. The van der Waals surface area contributed by atoms with Gasteiger partial charge in [-0.3, -0.25) is 5.10 Å². The number of rotatable bonds is 8. The van der Waals surface area contributed by atoms with Gasteiger partial charge in [0.2, 0.25) is 0 Å². The van der Waals surface area contributed by atoms with Crippen LogP contribution in [0.1, 0.15) is 36.8 Å². The van der Waals surface area contributed by atoms with E-state index in [1.165, 1.54) is 0 Å². The van der Waals surface area contributed by atoms with Crippen molar-refractivity contribution in [2.24, 2.45) is 0 Å². The predicted octanol–water partition coefficient (Wildman–Crippen LogP) is 1.32. The Labute approximate surface area is 139 Å². The molecule has 0 radical (unpaired) electrons. The van der Waals surface area contributed by atoms with Crippen LogP contribution in [0.25, 0.3) is 0 Å². The van der Waals surface area contributed by atoms with Crippen LogP contribution < -0.4 is 5.32 Å². The second kappa shape index (κ2) is 9.33.